The predicted molar refractivity (Wildman–Crippen MR) is 70.4 cm³/mol. The summed E-state index contributed by atoms with van der Waals surface area (Å²) in [6, 6.07) is 2.48. The van der Waals surface area contributed by atoms with Gasteiger partial charge < -0.3 is 5.32 Å². The maximum absolute atomic E-state index is 5.39. The Hall–Kier alpha value is -1.07. The van der Waals surface area contributed by atoms with E-state index in [-0.39, 0.29) is 0 Å². The molecular formula is C11H20N4S. The van der Waals surface area contributed by atoms with Crippen LogP contribution >= 0.6 is 11.3 Å². The van der Waals surface area contributed by atoms with Crippen LogP contribution in [-0.4, -0.2) is 12.0 Å². The summed E-state index contributed by atoms with van der Waals surface area (Å²) in [4.78, 5) is 5.72. The number of guanidine groups is 1. The first kappa shape index (κ1) is 13.0. The number of hydrogen-bond acceptors (Lipinski definition) is 3. The molecule has 0 radical (unpaired) electrons. The highest BCUT2D eigenvalue weighted by molar-refractivity contribution is 7.10. The van der Waals surface area contributed by atoms with E-state index in [9.17, 15) is 0 Å². The van der Waals surface area contributed by atoms with Gasteiger partial charge in [-0.3, -0.25) is 5.43 Å². The SMILES string of the molecule is CCc1ccsc1CN=C(NN)NC(C)C. The van der Waals surface area contributed by atoms with E-state index in [2.05, 4.69) is 48.0 Å². The van der Waals surface area contributed by atoms with Crippen LogP contribution in [0.2, 0.25) is 0 Å². The van der Waals surface area contributed by atoms with Gasteiger partial charge in [0.1, 0.15) is 0 Å². The van der Waals surface area contributed by atoms with Gasteiger partial charge in [-0.25, -0.2) is 10.8 Å². The van der Waals surface area contributed by atoms with Crippen molar-refractivity contribution in [3.63, 3.8) is 0 Å². The fraction of sp³-hybridized carbons (Fsp3) is 0.545. The number of nitrogens with zero attached hydrogens (tertiary/aromatic N) is 1. The topological polar surface area (TPSA) is 62.4 Å². The zero-order valence-corrected chi connectivity index (χ0v) is 10.9. The summed E-state index contributed by atoms with van der Waals surface area (Å²) in [5, 5.41) is 5.25. The monoisotopic (exact) mass is 240 g/mol. The number of aryl methyl sites for hydroxylation is 1. The molecule has 1 heterocycles. The van der Waals surface area contributed by atoms with Gasteiger partial charge in [0.15, 0.2) is 0 Å². The summed E-state index contributed by atoms with van der Waals surface area (Å²) in [5.41, 5.74) is 3.95. The molecule has 0 unspecified atom stereocenters. The van der Waals surface area contributed by atoms with Crippen molar-refractivity contribution in [3.05, 3.63) is 21.9 Å². The van der Waals surface area contributed by atoms with Crippen LogP contribution in [0.25, 0.3) is 0 Å². The Labute approximate surface area is 101 Å². The number of rotatable bonds is 4. The fourth-order valence-corrected chi connectivity index (χ4v) is 2.28. The molecule has 0 spiro atoms. The molecule has 4 N–H and O–H groups in total. The summed E-state index contributed by atoms with van der Waals surface area (Å²) in [5.74, 6) is 6.04. The Morgan fingerprint density at radius 3 is 2.88 bits per heavy atom. The van der Waals surface area contributed by atoms with Crippen molar-refractivity contribution in [1.29, 1.82) is 0 Å². The highest BCUT2D eigenvalue weighted by Gasteiger charge is 2.03. The van der Waals surface area contributed by atoms with Crippen LogP contribution < -0.4 is 16.6 Å². The van der Waals surface area contributed by atoms with Crippen LogP contribution in [-0.2, 0) is 13.0 Å². The van der Waals surface area contributed by atoms with E-state index in [1.165, 1.54) is 10.4 Å². The Bertz CT molecular complexity index is 344. The standard InChI is InChI=1S/C11H20N4S/c1-4-9-5-6-16-10(9)7-13-11(15-12)14-8(2)3/h5-6,8H,4,7,12H2,1-3H3,(H2,13,14,15). The summed E-state index contributed by atoms with van der Waals surface area (Å²) in [6.45, 7) is 6.94. The number of aliphatic imine (C=N–C) groups is 1. The lowest BCUT2D eigenvalue weighted by Gasteiger charge is -2.11. The van der Waals surface area contributed by atoms with E-state index in [1.54, 1.807) is 11.3 Å². The van der Waals surface area contributed by atoms with Crippen LogP contribution in [0.5, 0.6) is 0 Å². The minimum atomic E-state index is 0.323. The first-order chi connectivity index (χ1) is 7.67. The van der Waals surface area contributed by atoms with Gasteiger partial charge in [-0.1, -0.05) is 6.92 Å². The Kier molecular flexibility index (Phi) is 5.28. The van der Waals surface area contributed by atoms with Gasteiger partial charge >= 0.3 is 0 Å². The van der Waals surface area contributed by atoms with Crippen molar-refractivity contribution >= 4 is 17.3 Å². The average molecular weight is 240 g/mol. The summed E-state index contributed by atoms with van der Waals surface area (Å²) >= 11 is 1.74. The van der Waals surface area contributed by atoms with Crippen molar-refractivity contribution in [2.45, 2.75) is 39.8 Å². The summed E-state index contributed by atoms with van der Waals surface area (Å²) in [7, 11) is 0. The highest BCUT2D eigenvalue weighted by atomic mass is 32.1. The lowest BCUT2D eigenvalue weighted by molar-refractivity contribution is 0.702. The van der Waals surface area contributed by atoms with E-state index in [4.69, 9.17) is 5.84 Å². The molecule has 0 fully saturated rings. The molecule has 0 amide bonds. The van der Waals surface area contributed by atoms with E-state index < -0.39 is 0 Å². The molecule has 0 aliphatic rings. The van der Waals surface area contributed by atoms with Crippen LogP contribution in [0.1, 0.15) is 31.2 Å². The second-order valence-corrected chi connectivity index (χ2v) is 4.83. The van der Waals surface area contributed by atoms with Gasteiger partial charge in [0, 0.05) is 10.9 Å². The molecule has 4 nitrogen and oxygen atoms in total. The molecule has 1 aromatic rings. The largest absolute Gasteiger partial charge is 0.353 e. The summed E-state index contributed by atoms with van der Waals surface area (Å²) in [6.07, 6.45) is 1.05. The van der Waals surface area contributed by atoms with Crippen molar-refractivity contribution in [1.82, 2.24) is 10.7 Å². The van der Waals surface area contributed by atoms with Gasteiger partial charge in [-0.05, 0) is 37.3 Å². The first-order valence-electron chi connectivity index (χ1n) is 5.50. The molecule has 0 saturated heterocycles. The van der Waals surface area contributed by atoms with Crippen LogP contribution in [0.15, 0.2) is 16.4 Å². The van der Waals surface area contributed by atoms with E-state index in [0.29, 0.717) is 18.5 Å². The van der Waals surface area contributed by atoms with Gasteiger partial charge in [0.05, 0.1) is 6.54 Å². The lowest BCUT2D eigenvalue weighted by Crippen LogP contribution is -2.44. The Morgan fingerprint density at radius 2 is 2.31 bits per heavy atom. The molecule has 0 atom stereocenters. The third kappa shape index (κ3) is 3.83. The highest BCUT2D eigenvalue weighted by Crippen LogP contribution is 2.18. The van der Waals surface area contributed by atoms with Crippen LogP contribution in [0.4, 0.5) is 0 Å². The molecule has 1 rings (SSSR count). The molecule has 0 saturated carbocycles. The van der Waals surface area contributed by atoms with E-state index >= 15 is 0 Å². The molecule has 1 aromatic heterocycles. The van der Waals surface area contributed by atoms with Gasteiger partial charge in [-0.2, -0.15) is 0 Å². The molecule has 0 aliphatic carbocycles. The fourth-order valence-electron chi connectivity index (χ4n) is 1.38. The zero-order chi connectivity index (χ0) is 12.0. The smallest absolute Gasteiger partial charge is 0.206 e. The second kappa shape index (κ2) is 6.50. The predicted octanol–water partition coefficient (Wildman–Crippen LogP) is 1.63. The molecule has 16 heavy (non-hydrogen) atoms. The molecule has 5 heteroatoms. The van der Waals surface area contributed by atoms with Crippen LogP contribution in [0, 0.1) is 0 Å². The molecule has 0 aliphatic heterocycles. The minimum absolute atomic E-state index is 0.323. The van der Waals surface area contributed by atoms with E-state index in [1.807, 2.05) is 0 Å². The Morgan fingerprint density at radius 1 is 1.56 bits per heavy atom. The van der Waals surface area contributed by atoms with Crippen molar-refractivity contribution in [2.24, 2.45) is 10.8 Å². The van der Waals surface area contributed by atoms with Crippen molar-refractivity contribution in [3.8, 4) is 0 Å². The average Bonchev–Trinajstić information content (AvgIpc) is 2.70. The lowest BCUT2D eigenvalue weighted by atomic mass is 10.2. The van der Waals surface area contributed by atoms with Gasteiger partial charge in [0.25, 0.3) is 0 Å². The second-order valence-electron chi connectivity index (χ2n) is 3.83. The van der Waals surface area contributed by atoms with Crippen molar-refractivity contribution in [2.75, 3.05) is 0 Å². The normalized spacial score (nSPS) is 11.9. The zero-order valence-electron chi connectivity index (χ0n) is 10.1. The maximum atomic E-state index is 5.39. The number of nitrogens with two attached hydrogens (primary N) is 1. The minimum Gasteiger partial charge on any atom is -0.353 e. The van der Waals surface area contributed by atoms with Gasteiger partial charge in [0.2, 0.25) is 5.96 Å². The van der Waals surface area contributed by atoms with Crippen molar-refractivity contribution < 1.29 is 0 Å². The molecule has 0 bridgehead atoms. The third-order valence-corrected chi connectivity index (χ3v) is 3.11. The maximum Gasteiger partial charge on any atom is 0.206 e. The first-order valence-corrected chi connectivity index (χ1v) is 6.38. The molecule has 0 aromatic carbocycles. The van der Waals surface area contributed by atoms with Crippen LogP contribution in [0.3, 0.4) is 0 Å². The summed E-state index contributed by atoms with van der Waals surface area (Å²) < 4.78 is 0. The molecular weight excluding hydrogens is 220 g/mol. The quantitative estimate of drug-likeness (QED) is 0.324. The number of hydrazine groups is 1. The molecule has 90 valence electrons. The number of nitrogens with one attached hydrogen (secondary N) is 2. The third-order valence-electron chi connectivity index (χ3n) is 2.16. The number of thiophene rings is 1. The Balaban J connectivity index is 2.62. The van der Waals surface area contributed by atoms with Gasteiger partial charge in [-0.15, -0.1) is 11.3 Å². The number of hydrogen-bond donors (Lipinski definition) is 3. The van der Waals surface area contributed by atoms with E-state index in [0.717, 1.165) is 6.42 Å².